The van der Waals surface area contributed by atoms with Crippen LogP contribution in [0.2, 0.25) is 0 Å². The van der Waals surface area contributed by atoms with Gasteiger partial charge in [-0.2, -0.15) is 5.26 Å². The molecule has 0 bridgehead atoms. The fraction of sp³-hybridized carbons (Fsp3) is 0.261. The van der Waals surface area contributed by atoms with E-state index in [1.807, 2.05) is 30.3 Å². The molecule has 1 aliphatic rings. The summed E-state index contributed by atoms with van der Waals surface area (Å²) in [5.74, 6) is 0.521. The first-order valence-electron chi connectivity index (χ1n) is 9.74. The van der Waals surface area contributed by atoms with Crippen molar-refractivity contribution in [3.63, 3.8) is 0 Å². The molecule has 146 valence electrons. The fourth-order valence-electron chi connectivity index (χ4n) is 3.68. The highest BCUT2D eigenvalue weighted by Gasteiger charge is 2.21. The van der Waals surface area contributed by atoms with Crippen LogP contribution in [0.3, 0.4) is 0 Å². The summed E-state index contributed by atoms with van der Waals surface area (Å²) in [5, 5.41) is 12.3. The predicted molar refractivity (Wildman–Crippen MR) is 112 cm³/mol. The van der Waals surface area contributed by atoms with E-state index in [1.165, 1.54) is 11.1 Å². The van der Waals surface area contributed by atoms with Gasteiger partial charge in [-0.3, -0.25) is 14.7 Å². The molecule has 0 atom stereocenters. The SMILES string of the molecule is Cc1ccccc1CNc1nc2c(c(=O)[nH]1)CN(Cc1cccc(C#N)c1)CC2. The van der Waals surface area contributed by atoms with E-state index in [9.17, 15) is 4.79 Å². The molecule has 0 radical (unpaired) electrons. The summed E-state index contributed by atoms with van der Waals surface area (Å²) in [5.41, 5.74) is 5.63. The monoisotopic (exact) mass is 385 g/mol. The van der Waals surface area contributed by atoms with Crippen molar-refractivity contribution in [3.05, 3.63) is 92.4 Å². The van der Waals surface area contributed by atoms with E-state index in [0.29, 0.717) is 31.1 Å². The zero-order valence-electron chi connectivity index (χ0n) is 16.4. The minimum atomic E-state index is -0.0854. The van der Waals surface area contributed by atoms with E-state index in [0.717, 1.165) is 29.8 Å². The van der Waals surface area contributed by atoms with Gasteiger partial charge in [-0.25, -0.2) is 4.98 Å². The summed E-state index contributed by atoms with van der Waals surface area (Å²) >= 11 is 0. The Kier molecular flexibility index (Phi) is 5.41. The van der Waals surface area contributed by atoms with Crippen LogP contribution in [-0.2, 0) is 26.1 Å². The molecule has 6 nitrogen and oxygen atoms in total. The number of hydrogen-bond donors (Lipinski definition) is 2. The number of anilines is 1. The molecule has 0 saturated carbocycles. The van der Waals surface area contributed by atoms with Gasteiger partial charge in [0, 0.05) is 32.6 Å². The van der Waals surface area contributed by atoms with Crippen molar-refractivity contribution >= 4 is 5.95 Å². The van der Waals surface area contributed by atoms with Crippen molar-refractivity contribution in [2.75, 3.05) is 11.9 Å². The second-order valence-corrected chi connectivity index (χ2v) is 7.39. The number of H-pyrrole nitrogens is 1. The molecule has 0 spiro atoms. The zero-order valence-corrected chi connectivity index (χ0v) is 16.4. The number of nitrogens with zero attached hydrogens (tertiary/aromatic N) is 3. The Hall–Kier alpha value is -3.43. The lowest BCUT2D eigenvalue weighted by Crippen LogP contribution is -2.35. The number of nitrogens with one attached hydrogen (secondary N) is 2. The van der Waals surface area contributed by atoms with E-state index in [1.54, 1.807) is 6.07 Å². The molecule has 29 heavy (non-hydrogen) atoms. The minimum Gasteiger partial charge on any atom is -0.352 e. The molecule has 4 rings (SSSR count). The number of aromatic amines is 1. The van der Waals surface area contributed by atoms with Crippen molar-refractivity contribution in [1.82, 2.24) is 14.9 Å². The van der Waals surface area contributed by atoms with Gasteiger partial charge in [0.05, 0.1) is 22.9 Å². The first kappa shape index (κ1) is 18.9. The van der Waals surface area contributed by atoms with E-state index < -0.39 is 0 Å². The van der Waals surface area contributed by atoms with Crippen LogP contribution in [0.15, 0.2) is 53.3 Å². The number of nitriles is 1. The first-order valence-corrected chi connectivity index (χ1v) is 9.74. The molecule has 0 unspecified atom stereocenters. The average Bonchev–Trinajstić information content (AvgIpc) is 2.74. The molecule has 0 saturated heterocycles. The number of benzene rings is 2. The summed E-state index contributed by atoms with van der Waals surface area (Å²) in [6, 6.07) is 17.9. The van der Waals surface area contributed by atoms with Gasteiger partial charge in [0.25, 0.3) is 5.56 Å². The van der Waals surface area contributed by atoms with Crippen LogP contribution in [-0.4, -0.2) is 21.4 Å². The van der Waals surface area contributed by atoms with Gasteiger partial charge in [0.1, 0.15) is 0 Å². The summed E-state index contributed by atoms with van der Waals surface area (Å²) in [6.45, 7) is 4.79. The van der Waals surface area contributed by atoms with Gasteiger partial charge in [-0.15, -0.1) is 0 Å². The van der Waals surface area contributed by atoms with Crippen LogP contribution in [0.5, 0.6) is 0 Å². The van der Waals surface area contributed by atoms with E-state index in [-0.39, 0.29) is 5.56 Å². The maximum Gasteiger partial charge on any atom is 0.257 e. The van der Waals surface area contributed by atoms with Crippen LogP contribution < -0.4 is 10.9 Å². The molecule has 0 amide bonds. The molecular formula is C23H23N5O. The Morgan fingerprint density at radius 1 is 1.24 bits per heavy atom. The van der Waals surface area contributed by atoms with Crippen molar-refractivity contribution in [3.8, 4) is 6.07 Å². The number of fused-ring (bicyclic) bond motifs is 1. The third kappa shape index (κ3) is 4.36. The van der Waals surface area contributed by atoms with Gasteiger partial charge in [-0.05, 0) is 35.7 Å². The molecule has 1 aliphatic heterocycles. The minimum absolute atomic E-state index is 0.0854. The normalized spacial score (nSPS) is 13.5. The lowest BCUT2D eigenvalue weighted by molar-refractivity contribution is 0.242. The van der Waals surface area contributed by atoms with Gasteiger partial charge >= 0.3 is 0 Å². The van der Waals surface area contributed by atoms with Crippen molar-refractivity contribution in [2.45, 2.75) is 33.0 Å². The second-order valence-electron chi connectivity index (χ2n) is 7.39. The zero-order chi connectivity index (χ0) is 20.2. The highest BCUT2D eigenvalue weighted by atomic mass is 16.1. The van der Waals surface area contributed by atoms with Crippen molar-refractivity contribution in [1.29, 1.82) is 5.26 Å². The molecular weight excluding hydrogens is 362 g/mol. The molecule has 6 heteroatoms. The highest BCUT2D eigenvalue weighted by Crippen LogP contribution is 2.18. The number of rotatable bonds is 5. The van der Waals surface area contributed by atoms with Gasteiger partial charge in [-0.1, -0.05) is 36.4 Å². The topological polar surface area (TPSA) is 84.8 Å². The number of hydrogen-bond acceptors (Lipinski definition) is 5. The molecule has 1 aromatic heterocycles. The van der Waals surface area contributed by atoms with Crippen molar-refractivity contribution in [2.24, 2.45) is 0 Å². The summed E-state index contributed by atoms with van der Waals surface area (Å²) < 4.78 is 0. The smallest absolute Gasteiger partial charge is 0.257 e. The second kappa shape index (κ2) is 8.29. The summed E-state index contributed by atoms with van der Waals surface area (Å²) in [7, 11) is 0. The fourth-order valence-corrected chi connectivity index (χ4v) is 3.68. The van der Waals surface area contributed by atoms with Crippen LogP contribution in [0.4, 0.5) is 5.95 Å². The molecule has 2 aromatic carbocycles. The maximum absolute atomic E-state index is 12.7. The summed E-state index contributed by atoms with van der Waals surface area (Å²) in [4.78, 5) is 22.4. The van der Waals surface area contributed by atoms with Gasteiger partial charge in [0.2, 0.25) is 5.95 Å². The quantitative estimate of drug-likeness (QED) is 0.705. The Bertz CT molecular complexity index is 1130. The largest absolute Gasteiger partial charge is 0.352 e. The highest BCUT2D eigenvalue weighted by molar-refractivity contribution is 5.35. The Labute approximate surface area is 169 Å². The molecule has 2 N–H and O–H groups in total. The van der Waals surface area contributed by atoms with Crippen LogP contribution >= 0.6 is 0 Å². The van der Waals surface area contributed by atoms with Crippen molar-refractivity contribution < 1.29 is 0 Å². The third-order valence-corrected chi connectivity index (χ3v) is 5.32. The van der Waals surface area contributed by atoms with Gasteiger partial charge < -0.3 is 5.32 Å². The third-order valence-electron chi connectivity index (χ3n) is 5.32. The maximum atomic E-state index is 12.7. The lowest BCUT2D eigenvalue weighted by Gasteiger charge is -2.27. The molecule has 0 aliphatic carbocycles. The Balaban J connectivity index is 1.46. The standard InChI is InChI=1S/C23H23N5O/c1-16-5-2-3-8-19(16)13-25-23-26-21-9-10-28(15-20(21)22(29)27-23)14-18-7-4-6-17(11-18)12-24/h2-8,11H,9-10,13-15H2,1H3,(H2,25,26,27,29). The molecule has 2 heterocycles. The molecule has 3 aromatic rings. The first-order chi connectivity index (χ1) is 14.1. The van der Waals surface area contributed by atoms with E-state index in [4.69, 9.17) is 5.26 Å². The van der Waals surface area contributed by atoms with Crippen LogP contribution in [0.25, 0.3) is 0 Å². The summed E-state index contributed by atoms with van der Waals surface area (Å²) in [6.07, 6.45) is 0.732. The van der Waals surface area contributed by atoms with E-state index >= 15 is 0 Å². The number of aromatic nitrogens is 2. The number of aryl methyl sites for hydroxylation is 1. The Morgan fingerprint density at radius 2 is 2.10 bits per heavy atom. The van der Waals surface area contributed by atoms with Crippen LogP contribution in [0.1, 0.15) is 33.5 Å². The van der Waals surface area contributed by atoms with E-state index in [2.05, 4.69) is 45.3 Å². The molecule has 0 fully saturated rings. The average molecular weight is 385 g/mol. The lowest BCUT2D eigenvalue weighted by atomic mass is 10.1. The van der Waals surface area contributed by atoms with Gasteiger partial charge in [0.15, 0.2) is 0 Å². The predicted octanol–water partition coefficient (Wildman–Crippen LogP) is 3.12. The van der Waals surface area contributed by atoms with Crippen LogP contribution in [0, 0.1) is 18.3 Å². The Morgan fingerprint density at radius 3 is 2.93 bits per heavy atom.